The first-order chi connectivity index (χ1) is 27.7. The van der Waals surface area contributed by atoms with Crippen LogP contribution in [-0.2, 0) is 11.1 Å². The number of nitrogens with zero attached hydrogens (tertiary/aromatic N) is 6. The molecule has 0 spiro atoms. The molecular formula is C46H43N9O2. The van der Waals surface area contributed by atoms with Gasteiger partial charge in [-0.3, -0.25) is 4.79 Å². The van der Waals surface area contributed by atoms with E-state index in [2.05, 4.69) is 70.9 Å². The Labute approximate surface area is 330 Å². The van der Waals surface area contributed by atoms with Crippen molar-refractivity contribution in [3.05, 3.63) is 150 Å². The minimum absolute atomic E-state index is 0.158. The molecule has 4 aromatic heterocycles. The van der Waals surface area contributed by atoms with Crippen molar-refractivity contribution in [2.75, 3.05) is 7.11 Å². The van der Waals surface area contributed by atoms with Crippen LogP contribution in [0.1, 0.15) is 60.1 Å². The summed E-state index contributed by atoms with van der Waals surface area (Å²) >= 11 is 0. The number of fused-ring (bicyclic) bond motifs is 2. The number of amides is 1. The van der Waals surface area contributed by atoms with E-state index in [9.17, 15) is 4.79 Å². The SMILES string of the molecule is COc1ccc2nc(-c3ccc(C4(N)CCC4)cc3)c(-c3ccccc3)n2n1.NC(=O)c1ccc2nc(-c3ccc(C4(N)CCC4)cc3)c(-c3ccccc3)n2n1. The number of nitrogens with two attached hydrogens (primary N) is 3. The fourth-order valence-corrected chi connectivity index (χ4v) is 7.82. The Morgan fingerprint density at radius 1 is 0.561 bits per heavy atom. The first kappa shape index (κ1) is 36.0. The molecule has 11 heteroatoms. The van der Waals surface area contributed by atoms with Gasteiger partial charge in [0.15, 0.2) is 11.3 Å². The van der Waals surface area contributed by atoms with Gasteiger partial charge in [-0.05, 0) is 67.9 Å². The Kier molecular flexibility index (Phi) is 9.11. The van der Waals surface area contributed by atoms with E-state index >= 15 is 0 Å². The van der Waals surface area contributed by atoms with Gasteiger partial charge < -0.3 is 21.9 Å². The lowest BCUT2D eigenvalue weighted by molar-refractivity contribution is 0.0994. The van der Waals surface area contributed by atoms with Crippen LogP contribution in [0, 0.1) is 0 Å². The van der Waals surface area contributed by atoms with E-state index in [1.165, 1.54) is 18.4 Å². The summed E-state index contributed by atoms with van der Waals surface area (Å²) in [4.78, 5) is 21.3. The lowest BCUT2D eigenvalue weighted by Gasteiger charge is -2.38. The molecule has 0 atom stereocenters. The highest BCUT2D eigenvalue weighted by Gasteiger charge is 2.35. The summed E-state index contributed by atoms with van der Waals surface area (Å²) in [6.45, 7) is 0. The van der Waals surface area contributed by atoms with Gasteiger partial charge in [0.2, 0.25) is 5.88 Å². The van der Waals surface area contributed by atoms with Crippen LogP contribution in [0.5, 0.6) is 5.88 Å². The van der Waals surface area contributed by atoms with Crippen LogP contribution in [-0.4, -0.2) is 42.2 Å². The number of primary amides is 1. The molecule has 1 amide bonds. The molecule has 0 radical (unpaired) electrons. The zero-order chi connectivity index (χ0) is 39.1. The van der Waals surface area contributed by atoms with Crippen molar-refractivity contribution in [2.45, 2.75) is 49.6 Å². The Hall–Kier alpha value is -6.69. The zero-order valence-electron chi connectivity index (χ0n) is 31.7. The van der Waals surface area contributed by atoms with Crippen LogP contribution in [0.3, 0.4) is 0 Å². The molecule has 4 heterocycles. The second-order valence-corrected chi connectivity index (χ2v) is 15.0. The van der Waals surface area contributed by atoms with Gasteiger partial charge in [-0.2, -0.15) is 5.10 Å². The smallest absolute Gasteiger partial charge is 0.269 e. The minimum Gasteiger partial charge on any atom is -0.480 e. The molecular weight excluding hydrogens is 711 g/mol. The molecule has 0 aliphatic heterocycles. The molecule has 8 aromatic rings. The standard InChI is InChI=1S/C23H21N5O.C23H22N4O/c24-22(29)18-11-12-19-26-20(21(28(19)27-18)16-5-2-1-3-6-16)15-7-9-17(10-8-15)23(25)13-4-14-23;1-28-20-13-12-19-25-21(22(27(19)26-20)17-6-3-2-4-7-17)16-8-10-18(11-9-16)23(24)14-5-15-23/h1-3,5-12H,4,13-14,25H2,(H2,24,29);2-4,6-13H,5,14-15,24H2,1H3. The van der Waals surface area contributed by atoms with Gasteiger partial charge in [-0.15, -0.1) is 5.10 Å². The van der Waals surface area contributed by atoms with Crippen LogP contribution < -0.4 is 21.9 Å². The quantitative estimate of drug-likeness (QED) is 0.141. The average Bonchev–Trinajstić information content (AvgIpc) is 3.81. The molecule has 2 fully saturated rings. The first-order valence-corrected chi connectivity index (χ1v) is 19.3. The van der Waals surface area contributed by atoms with Crippen molar-refractivity contribution in [3.8, 4) is 50.9 Å². The van der Waals surface area contributed by atoms with Crippen molar-refractivity contribution in [2.24, 2.45) is 17.2 Å². The van der Waals surface area contributed by atoms with E-state index in [-0.39, 0.29) is 16.8 Å². The van der Waals surface area contributed by atoms with Gasteiger partial charge in [0.1, 0.15) is 17.1 Å². The Balaban J connectivity index is 0.000000148. The number of imidazole rings is 2. The second-order valence-electron chi connectivity index (χ2n) is 15.0. The summed E-state index contributed by atoms with van der Waals surface area (Å²) in [5.41, 5.74) is 29.6. The van der Waals surface area contributed by atoms with E-state index in [4.69, 9.17) is 31.9 Å². The maximum atomic E-state index is 11.6. The first-order valence-electron chi connectivity index (χ1n) is 19.3. The van der Waals surface area contributed by atoms with Crippen molar-refractivity contribution in [3.63, 3.8) is 0 Å². The van der Waals surface area contributed by atoms with Gasteiger partial charge in [0, 0.05) is 39.4 Å². The highest BCUT2D eigenvalue weighted by Crippen LogP contribution is 2.41. The molecule has 4 aromatic carbocycles. The summed E-state index contributed by atoms with van der Waals surface area (Å²) < 4.78 is 8.87. The molecule has 2 aliphatic carbocycles. The predicted octanol–water partition coefficient (Wildman–Crippen LogP) is 7.91. The third-order valence-electron chi connectivity index (χ3n) is 11.4. The lowest BCUT2D eigenvalue weighted by Crippen LogP contribution is -2.43. The molecule has 10 rings (SSSR count). The fraction of sp³-hybridized carbons (Fsp3) is 0.196. The number of carbonyl (C=O) groups excluding carboxylic acids is 1. The molecule has 0 bridgehead atoms. The molecule has 6 N–H and O–H groups in total. The van der Waals surface area contributed by atoms with E-state index in [0.29, 0.717) is 11.5 Å². The van der Waals surface area contributed by atoms with Crippen molar-refractivity contribution >= 4 is 17.2 Å². The van der Waals surface area contributed by atoms with Crippen molar-refractivity contribution in [1.29, 1.82) is 0 Å². The summed E-state index contributed by atoms with van der Waals surface area (Å²) in [5, 5.41) is 9.04. The summed E-state index contributed by atoms with van der Waals surface area (Å²) in [6.07, 6.45) is 6.54. The number of methoxy groups -OCH3 is 1. The lowest BCUT2D eigenvalue weighted by atomic mass is 9.72. The highest BCUT2D eigenvalue weighted by molar-refractivity contribution is 5.91. The number of carbonyl (C=O) groups is 1. The van der Waals surface area contributed by atoms with E-state index in [1.54, 1.807) is 23.8 Å². The molecule has 284 valence electrons. The maximum absolute atomic E-state index is 11.6. The second kappa shape index (κ2) is 14.4. The normalized spacial score (nSPS) is 15.3. The Morgan fingerprint density at radius 2 is 1.00 bits per heavy atom. The summed E-state index contributed by atoms with van der Waals surface area (Å²) in [6, 6.07) is 44.1. The summed E-state index contributed by atoms with van der Waals surface area (Å²) in [7, 11) is 1.62. The fourth-order valence-electron chi connectivity index (χ4n) is 7.82. The van der Waals surface area contributed by atoms with E-state index in [0.717, 1.165) is 81.9 Å². The van der Waals surface area contributed by atoms with Crippen LogP contribution in [0.25, 0.3) is 56.3 Å². The zero-order valence-corrected chi connectivity index (χ0v) is 31.7. The van der Waals surface area contributed by atoms with Crippen molar-refractivity contribution in [1.82, 2.24) is 29.2 Å². The molecule has 0 unspecified atom stereocenters. The largest absolute Gasteiger partial charge is 0.480 e. The van der Waals surface area contributed by atoms with Gasteiger partial charge in [0.25, 0.3) is 5.91 Å². The number of ether oxygens (including phenoxy) is 1. The maximum Gasteiger partial charge on any atom is 0.269 e. The number of aromatic nitrogens is 6. The average molecular weight is 754 g/mol. The molecule has 57 heavy (non-hydrogen) atoms. The number of benzene rings is 4. The van der Waals surface area contributed by atoms with Crippen molar-refractivity contribution < 1.29 is 9.53 Å². The topological polar surface area (TPSA) is 165 Å². The Morgan fingerprint density at radius 3 is 1.40 bits per heavy atom. The number of rotatable bonds is 8. The van der Waals surface area contributed by atoms with E-state index in [1.807, 2.05) is 65.2 Å². The third kappa shape index (κ3) is 6.60. The van der Waals surface area contributed by atoms with Gasteiger partial charge >= 0.3 is 0 Å². The molecule has 2 aliphatic rings. The summed E-state index contributed by atoms with van der Waals surface area (Å²) in [5.74, 6) is -0.0155. The number of hydrogen-bond donors (Lipinski definition) is 3. The van der Waals surface area contributed by atoms with Crippen LogP contribution in [0.4, 0.5) is 0 Å². The predicted molar refractivity (Wildman–Crippen MR) is 222 cm³/mol. The third-order valence-corrected chi connectivity index (χ3v) is 11.4. The van der Waals surface area contributed by atoms with Gasteiger partial charge in [-0.1, -0.05) is 109 Å². The highest BCUT2D eigenvalue weighted by atomic mass is 16.5. The van der Waals surface area contributed by atoms with Crippen LogP contribution in [0.2, 0.25) is 0 Å². The Bertz CT molecular complexity index is 2720. The van der Waals surface area contributed by atoms with Gasteiger partial charge in [0.05, 0.1) is 18.5 Å². The van der Waals surface area contributed by atoms with Crippen LogP contribution >= 0.6 is 0 Å². The van der Waals surface area contributed by atoms with Gasteiger partial charge in [-0.25, -0.2) is 19.0 Å². The number of hydrogen-bond acceptors (Lipinski definition) is 8. The minimum atomic E-state index is -0.570. The van der Waals surface area contributed by atoms with Crippen LogP contribution in [0.15, 0.2) is 133 Å². The molecule has 0 saturated heterocycles. The molecule has 2 saturated carbocycles. The molecule has 11 nitrogen and oxygen atoms in total. The van der Waals surface area contributed by atoms with E-state index < -0.39 is 5.91 Å². The monoisotopic (exact) mass is 753 g/mol.